The van der Waals surface area contributed by atoms with Gasteiger partial charge in [0.15, 0.2) is 17.8 Å². The van der Waals surface area contributed by atoms with Crippen molar-refractivity contribution in [3.05, 3.63) is 21.1 Å². The molecule has 0 radical (unpaired) electrons. The largest absolute Gasteiger partial charge is 0.489 e. The van der Waals surface area contributed by atoms with Crippen LogP contribution in [-0.2, 0) is 0 Å². The number of hydrogen-bond acceptors (Lipinski definition) is 7. The fraction of sp³-hybridized carbons (Fsp3) is 0.632. The lowest BCUT2D eigenvalue weighted by Gasteiger charge is -2.36. The van der Waals surface area contributed by atoms with Gasteiger partial charge in [0.2, 0.25) is 0 Å². The number of aliphatic hydroxyl groups excluding tert-OH is 2. The molecule has 1 amide bonds. The van der Waals surface area contributed by atoms with E-state index in [0.29, 0.717) is 72.2 Å². The number of carbonyl (C=O) groups is 1. The molecule has 1 aromatic rings. The quantitative estimate of drug-likeness (QED) is 0.443. The summed E-state index contributed by atoms with van der Waals surface area (Å²) in [6, 6.07) is 1.55. The number of nitrogens with zero attached hydrogens (tertiary/aromatic N) is 1. The van der Waals surface area contributed by atoms with E-state index in [1.165, 1.54) is 0 Å². The zero-order valence-corrected chi connectivity index (χ0v) is 18.3. The summed E-state index contributed by atoms with van der Waals surface area (Å²) in [5.74, 6) is 0.379. The summed E-state index contributed by atoms with van der Waals surface area (Å²) in [4.78, 5) is 14.8. The number of hydrogen-bond donors (Lipinski definition) is 4. The third kappa shape index (κ3) is 5.74. The molecule has 1 unspecified atom stereocenters. The number of rotatable bonds is 6. The predicted octanol–water partition coefficient (Wildman–Crippen LogP) is 1.38. The van der Waals surface area contributed by atoms with E-state index in [9.17, 15) is 9.90 Å². The standard InChI is InChI=1S/C19H26BrClN2O6/c20-16-13(21)8-12(17-18(16)29-7-1-6-28-17)19(27)22-9-11-2-4-23(10-14(11)24)5-3-15(25)26/h8,11,14-15,24-26H,1-7,9-10H2,(H,22,27)/t11-,14?/m0/s1. The Morgan fingerprint density at radius 3 is 2.76 bits per heavy atom. The number of amides is 1. The van der Waals surface area contributed by atoms with E-state index in [0.717, 1.165) is 6.54 Å². The third-order valence-electron chi connectivity index (χ3n) is 5.19. The molecule has 1 fully saturated rings. The first kappa shape index (κ1) is 22.6. The highest BCUT2D eigenvalue weighted by atomic mass is 79.9. The predicted molar refractivity (Wildman–Crippen MR) is 110 cm³/mol. The molecule has 1 aromatic carbocycles. The highest BCUT2D eigenvalue weighted by Gasteiger charge is 2.29. The van der Waals surface area contributed by atoms with Crippen molar-refractivity contribution >= 4 is 33.4 Å². The minimum absolute atomic E-state index is 0.0871. The van der Waals surface area contributed by atoms with Gasteiger partial charge in [-0.25, -0.2) is 0 Å². The lowest BCUT2D eigenvalue weighted by atomic mass is 9.93. The van der Waals surface area contributed by atoms with Crippen molar-refractivity contribution in [2.24, 2.45) is 5.92 Å². The fourth-order valence-corrected chi connectivity index (χ4v) is 4.14. The maximum atomic E-state index is 12.8. The average molecular weight is 494 g/mol. The molecule has 4 N–H and O–H groups in total. The molecule has 10 heteroatoms. The Morgan fingerprint density at radius 1 is 1.34 bits per heavy atom. The molecule has 29 heavy (non-hydrogen) atoms. The number of carbonyl (C=O) groups excluding carboxylic acids is 1. The van der Waals surface area contributed by atoms with Crippen molar-refractivity contribution in [3.8, 4) is 11.5 Å². The molecular formula is C19H26BrClN2O6. The second-order valence-electron chi connectivity index (χ2n) is 7.32. The van der Waals surface area contributed by atoms with E-state index in [4.69, 9.17) is 31.3 Å². The summed E-state index contributed by atoms with van der Waals surface area (Å²) in [5.41, 5.74) is 0.305. The zero-order valence-electron chi connectivity index (χ0n) is 15.9. The fourth-order valence-electron chi connectivity index (χ4n) is 3.54. The third-order valence-corrected chi connectivity index (χ3v) is 6.50. The summed E-state index contributed by atoms with van der Waals surface area (Å²) >= 11 is 9.63. The van der Waals surface area contributed by atoms with Gasteiger partial charge in [-0.15, -0.1) is 0 Å². The van der Waals surface area contributed by atoms with Gasteiger partial charge in [-0.05, 0) is 35.0 Å². The number of halogens is 2. The van der Waals surface area contributed by atoms with E-state index in [1.807, 2.05) is 4.90 Å². The van der Waals surface area contributed by atoms with Gasteiger partial charge in [0.05, 0.1) is 34.4 Å². The maximum Gasteiger partial charge on any atom is 0.255 e. The van der Waals surface area contributed by atoms with Gasteiger partial charge in [0.1, 0.15) is 0 Å². The van der Waals surface area contributed by atoms with E-state index in [1.54, 1.807) is 6.07 Å². The van der Waals surface area contributed by atoms with E-state index in [2.05, 4.69) is 21.2 Å². The second-order valence-corrected chi connectivity index (χ2v) is 8.52. The summed E-state index contributed by atoms with van der Waals surface area (Å²) in [6.07, 6.45) is -0.307. The van der Waals surface area contributed by atoms with Crippen LogP contribution < -0.4 is 14.8 Å². The topological polar surface area (TPSA) is 111 Å². The minimum atomic E-state index is -1.34. The molecule has 0 saturated carbocycles. The molecule has 0 spiro atoms. The normalized spacial score (nSPS) is 22.4. The van der Waals surface area contributed by atoms with Crippen LogP contribution in [0.5, 0.6) is 11.5 Å². The van der Waals surface area contributed by atoms with Gasteiger partial charge in [-0.3, -0.25) is 4.79 Å². The Balaban J connectivity index is 1.61. The van der Waals surface area contributed by atoms with Crippen LogP contribution in [0.2, 0.25) is 5.02 Å². The summed E-state index contributed by atoms with van der Waals surface area (Å²) < 4.78 is 12.0. The Labute approximate surface area is 182 Å². The first-order valence-electron chi connectivity index (χ1n) is 9.69. The Hall–Kier alpha value is -1.10. The molecule has 1 saturated heterocycles. The number of fused-ring (bicyclic) bond motifs is 1. The molecule has 8 nitrogen and oxygen atoms in total. The molecule has 2 aliphatic heterocycles. The molecule has 162 valence electrons. The number of likely N-dealkylation sites (tertiary alicyclic amines) is 1. The molecule has 2 atom stereocenters. The lowest BCUT2D eigenvalue weighted by Crippen LogP contribution is -2.48. The zero-order chi connectivity index (χ0) is 21.0. The molecule has 0 bridgehead atoms. The van der Waals surface area contributed by atoms with Crippen LogP contribution in [-0.4, -0.2) is 77.9 Å². The van der Waals surface area contributed by atoms with Crippen molar-refractivity contribution < 1.29 is 29.6 Å². The Kier molecular flexibility index (Phi) is 8.00. The van der Waals surface area contributed by atoms with Crippen molar-refractivity contribution in [1.82, 2.24) is 10.2 Å². The van der Waals surface area contributed by atoms with Gasteiger partial charge in [-0.1, -0.05) is 11.6 Å². The molecular weight excluding hydrogens is 468 g/mol. The smallest absolute Gasteiger partial charge is 0.255 e. The summed E-state index contributed by atoms with van der Waals surface area (Å²) in [7, 11) is 0. The van der Waals surface area contributed by atoms with Crippen LogP contribution in [0.1, 0.15) is 29.6 Å². The maximum absolute atomic E-state index is 12.8. The number of piperidine rings is 1. The van der Waals surface area contributed by atoms with Crippen LogP contribution >= 0.6 is 27.5 Å². The molecule has 2 aliphatic rings. The van der Waals surface area contributed by atoms with Crippen molar-refractivity contribution in [2.45, 2.75) is 31.7 Å². The first-order valence-corrected chi connectivity index (χ1v) is 10.9. The first-order chi connectivity index (χ1) is 13.9. The van der Waals surface area contributed by atoms with E-state index in [-0.39, 0.29) is 18.2 Å². The van der Waals surface area contributed by atoms with Crippen LogP contribution in [0.15, 0.2) is 10.5 Å². The molecule has 0 aromatic heterocycles. The van der Waals surface area contributed by atoms with Crippen molar-refractivity contribution in [1.29, 1.82) is 0 Å². The van der Waals surface area contributed by atoms with Crippen LogP contribution in [0.25, 0.3) is 0 Å². The number of benzene rings is 1. The SMILES string of the molecule is O=C(NC[C@@H]1CCN(CCC(O)O)CC1O)c1cc(Cl)c(Br)c2c1OCCCO2. The summed E-state index contributed by atoms with van der Waals surface area (Å²) in [5, 5.41) is 31.6. The van der Waals surface area contributed by atoms with Gasteiger partial charge >= 0.3 is 0 Å². The molecule has 0 aliphatic carbocycles. The van der Waals surface area contributed by atoms with Crippen molar-refractivity contribution in [3.63, 3.8) is 0 Å². The monoisotopic (exact) mass is 492 g/mol. The van der Waals surface area contributed by atoms with Crippen molar-refractivity contribution in [2.75, 3.05) is 39.4 Å². The highest BCUT2D eigenvalue weighted by molar-refractivity contribution is 9.10. The average Bonchev–Trinajstić information content (AvgIpc) is 2.94. The van der Waals surface area contributed by atoms with Gasteiger partial charge in [0.25, 0.3) is 5.91 Å². The Morgan fingerprint density at radius 2 is 2.07 bits per heavy atom. The number of aliphatic hydroxyl groups is 3. The van der Waals surface area contributed by atoms with Gasteiger partial charge in [-0.2, -0.15) is 0 Å². The highest BCUT2D eigenvalue weighted by Crippen LogP contribution is 2.44. The lowest BCUT2D eigenvalue weighted by molar-refractivity contribution is -0.0569. The van der Waals surface area contributed by atoms with Gasteiger partial charge < -0.3 is 35.0 Å². The molecule has 2 heterocycles. The number of ether oxygens (including phenoxy) is 2. The van der Waals surface area contributed by atoms with Gasteiger partial charge in [0, 0.05) is 38.4 Å². The summed E-state index contributed by atoms with van der Waals surface area (Å²) in [6.45, 7) is 2.91. The minimum Gasteiger partial charge on any atom is -0.489 e. The number of β-amino-alcohol motifs (C(OH)–C–C–N with tert-alkyl or cyclic N) is 1. The van der Waals surface area contributed by atoms with Crippen LogP contribution in [0.4, 0.5) is 0 Å². The van der Waals surface area contributed by atoms with Crippen LogP contribution in [0, 0.1) is 5.92 Å². The molecule has 3 rings (SSSR count). The van der Waals surface area contributed by atoms with E-state index >= 15 is 0 Å². The second kappa shape index (κ2) is 10.3. The Bertz CT molecular complexity index is 735. The van der Waals surface area contributed by atoms with Crippen LogP contribution in [0.3, 0.4) is 0 Å². The number of nitrogens with one attached hydrogen (secondary N) is 1. The van der Waals surface area contributed by atoms with E-state index < -0.39 is 12.4 Å².